The van der Waals surface area contributed by atoms with E-state index in [0.29, 0.717) is 16.9 Å². The molecule has 0 unspecified atom stereocenters. The lowest BCUT2D eigenvalue weighted by Crippen LogP contribution is -2.07. The number of rotatable bonds is 1. The van der Waals surface area contributed by atoms with Crippen molar-refractivity contribution in [3.8, 4) is 16.9 Å². The van der Waals surface area contributed by atoms with Gasteiger partial charge < -0.3 is 9.15 Å². The summed E-state index contributed by atoms with van der Waals surface area (Å²) in [6.45, 7) is 0. The normalized spacial score (nSPS) is 12.7. The first-order valence-electron chi connectivity index (χ1n) is 8.58. The Kier molecular flexibility index (Phi) is 3.22. The zero-order valence-corrected chi connectivity index (χ0v) is 14.3. The van der Waals surface area contributed by atoms with Gasteiger partial charge in [0, 0.05) is 17.0 Å². The maximum absolute atomic E-state index is 12.9. The molecule has 0 saturated carbocycles. The second-order valence-electron chi connectivity index (χ2n) is 6.50. The SMILES string of the molecule is COc1ccc2c3c(c(=O)oc2c1)-c1cc2ccccc2cc1CC=C3. The molecule has 1 aromatic heterocycles. The van der Waals surface area contributed by atoms with E-state index >= 15 is 0 Å². The third-order valence-electron chi connectivity index (χ3n) is 5.02. The molecule has 0 bridgehead atoms. The summed E-state index contributed by atoms with van der Waals surface area (Å²) < 4.78 is 10.9. The third-order valence-corrected chi connectivity index (χ3v) is 5.02. The minimum absolute atomic E-state index is 0.316. The highest BCUT2D eigenvalue weighted by Gasteiger charge is 2.20. The molecule has 1 aliphatic carbocycles. The van der Waals surface area contributed by atoms with E-state index in [1.807, 2.05) is 30.3 Å². The summed E-state index contributed by atoms with van der Waals surface area (Å²) in [5.41, 5.74) is 3.87. The summed E-state index contributed by atoms with van der Waals surface area (Å²) >= 11 is 0. The maximum Gasteiger partial charge on any atom is 0.344 e. The molecule has 0 radical (unpaired) electrons. The number of ether oxygens (including phenoxy) is 1. The summed E-state index contributed by atoms with van der Waals surface area (Å²) in [5.74, 6) is 0.671. The molecule has 0 saturated heterocycles. The Hall–Kier alpha value is -3.33. The molecule has 0 amide bonds. The molecule has 0 aliphatic heterocycles. The molecule has 3 heteroatoms. The first-order valence-corrected chi connectivity index (χ1v) is 8.58. The predicted molar refractivity (Wildman–Crippen MR) is 105 cm³/mol. The van der Waals surface area contributed by atoms with Crippen molar-refractivity contribution in [1.82, 2.24) is 0 Å². The van der Waals surface area contributed by atoms with Crippen molar-refractivity contribution >= 4 is 27.8 Å². The van der Waals surface area contributed by atoms with E-state index in [1.54, 1.807) is 13.2 Å². The second kappa shape index (κ2) is 5.60. The first kappa shape index (κ1) is 15.0. The van der Waals surface area contributed by atoms with Crippen LogP contribution in [0.1, 0.15) is 11.1 Å². The van der Waals surface area contributed by atoms with E-state index in [2.05, 4.69) is 30.3 Å². The second-order valence-corrected chi connectivity index (χ2v) is 6.50. The van der Waals surface area contributed by atoms with Gasteiger partial charge in [0.05, 0.1) is 12.7 Å². The minimum atomic E-state index is -0.316. The van der Waals surface area contributed by atoms with Gasteiger partial charge >= 0.3 is 5.63 Å². The minimum Gasteiger partial charge on any atom is -0.497 e. The van der Waals surface area contributed by atoms with Crippen LogP contribution in [0.2, 0.25) is 0 Å². The van der Waals surface area contributed by atoms with Crippen LogP contribution < -0.4 is 10.4 Å². The lowest BCUT2D eigenvalue weighted by atomic mass is 9.93. The number of fused-ring (bicyclic) bond motifs is 6. The average Bonchev–Trinajstić information content (AvgIpc) is 2.85. The lowest BCUT2D eigenvalue weighted by Gasteiger charge is -2.12. The van der Waals surface area contributed by atoms with E-state index in [9.17, 15) is 4.79 Å². The highest BCUT2D eigenvalue weighted by Crippen LogP contribution is 2.36. The molecular weight excluding hydrogens is 324 g/mol. The van der Waals surface area contributed by atoms with Crippen LogP contribution in [0.25, 0.3) is 38.9 Å². The number of methoxy groups -OCH3 is 1. The Morgan fingerprint density at radius 1 is 1.00 bits per heavy atom. The standard InChI is InChI=1S/C23H16O3/c1-25-17-9-10-18-19-8-4-7-16-11-14-5-2-3-6-15(14)12-20(16)22(19)23(24)26-21(18)13-17/h2-6,8-13H,7H2,1H3. The van der Waals surface area contributed by atoms with Crippen LogP contribution in [0.4, 0.5) is 0 Å². The Morgan fingerprint density at radius 3 is 2.62 bits per heavy atom. The molecular formula is C23H16O3. The summed E-state index contributed by atoms with van der Waals surface area (Å²) in [6.07, 6.45) is 4.93. The van der Waals surface area contributed by atoms with Crippen LogP contribution in [-0.2, 0) is 6.42 Å². The van der Waals surface area contributed by atoms with Crippen molar-refractivity contribution in [2.45, 2.75) is 6.42 Å². The van der Waals surface area contributed by atoms with Crippen molar-refractivity contribution in [3.63, 3.8) is 0 Å². The Morgan fingerprint density at radius 2 is 1.81 bits per heavy atom. The van der Waals surface area contributed by atoms with Gasteiger partial charge in [-0.05, 0) is 46.5 Å². The van der Waals surface area contributed by atoms with Crippen LogP contribution in [0.5, 0.6) is 5.75 Å². The van der Waals surface area contributed by atoms with E-state index in [4.69, 9.17) is 9.15 Å². The Bertz CT molecular complexity index is 1260. The summed E-state index contributed by atoms with van der Waals surface area (Å²) in [4.78, 5) is 12.9. The number of hydrogen-bond acceptors (Lipinski definition) is 3. The quantitative estimate of drug-likeness (QED) is 0.448. The molecule has 0 fully saturated rings. The van der Waals surface area contributed by atoms with Gasteiger partial charge in [-0.1, -0.05) is 42.5 Å². The van der Waals surface area contributed by atoms with Gasteiger partial charge in [0.2, 0.25) is 0 Å². The van der Waals surface area contributed by atoms with Gasteiger partial charge in [0.25, 0.3) is 0 Å². The van der Waals surface area contributed by atoms with Gasteiger partial charge in [0.1, 0.15) is 11.3 Å². The van der Waals surface area contributed by atoms with Gasteiger partial charge in [-0.2, -0.15) is 0 Å². The molecule has 126 valence electrons. The van der Waals surface area contributed by atoms with Crippen LogP contribution in [0, 0.1) is 0 Å². The first-order chi connectivity index (χ1) is 12.7. The highest BCUT2D eigenvalue weighted by molar-refractivity contribution is 5.98. The monoisotopic (exact) mass is 340 g/mol. The molecule has 3 nitrogen and oxygen atoms in total. The van der Waals surface area contributed by atoms with E-state index in [-0.39, 0.29) is 5.63 Å². The van der Waals surface area contributed by atoms with Crippen molar-refractivity contribution in [2.75, 3.05) is 7.11 Å². The summed E-state index contributed by atoms with van der Waals surface area (Å²) in [5, 5.41) is 3.21. The largest absolute Gasteiger partial charge is 0.497 e. The fourth-order valence-electron chi connectivity index (χ4n) is 3.75. The highest BCUT2D eigenvalue weighted by atomic mass is 16.5. The smallest absolute Gasteiger partial charge is 0.344 e. The topological polar surface area (TPSA) is 39.4 Å². The molecule has 26 heavy (non-hydrogen) atoms. The summed E-state index contributed by atoms with van der Waals surface area (Å²) in [6, 6.07) is 18.1. The third kappa shape index (κ3) is 2.17. The van der Waals surface area contributed by atoms with Crippen LogP contribution in [0.15, 0.2) is 69.9 Å². The Labute approximate surface area is 150 Å². The molecule has 1 aliphatic rings. The fourth-order valence-corrected chi connectivity index (χ4v) is 3.75. The number of allylic oxidation sites excluding steroid dienone is 1. The summed E-state index contributed by atoms with van der Waals surface area (Å²) in [7, 11) is 1.60. The zero-order chi connectivity index (χ0) is 17.7. The maximum atomic E-state index is 12.9. The van der Waals surface area contributed by atoms with Crippen molar-refractivity contribution < 1.29 is 9.15 Å². The van der Waals surface area contributed by atoms with Crippen molar-refractivity contribution in [3.05, 3.63) is 82.2 Å². The molecule has 0 N–H and O–H groups in total. The van der Waals surface area contributed by atoms with E-state index < -0.39 is 0 Å². The van der Waals surface area contributed by atoms with Crippen molar-refractivity contribution in [2.24, 2.45) is 0 Å². The lowest BCUT2D eigenvalue weighted by molar-refractivity contribution is 0.414. The van der Waals surface area contributed by atoms with Gasteiger partial charge in [-0.25, -0.2) is 4.79 Å². The zero-order valence-electron chi connectivity index (χ0n) is 14.3. The molecule has 0 atom stereocenters. The molecule has 4 aromatic rings. The van der Waals surface area contributed by atoms with Gasteiger partial charge in [-0.3, -0.25) is 0 Å². The number of benzene rings is 3. The molecule has 0 spiro atoms. The van der Waals surface area contributed by atoms with Crippen LogP contribution in [0.3, 0.4) is 0 Å². The molecule has 1 heterocycles. The van der Waals surface area contributed by atoms with Crippen LogP contribution >= 0.6 is 0 Å². The Balaban J connectivity index is 1.89. The van der Waals surface area contributed by atoms with E-state index in [1.165, 1.54) is 5.39 Å². The van der Waals surface area contributed by atoms with Gasteiger partial charge in [0.15, 0.2) is 0 Å². The van der Waals surface area contributed by atoms with E-state index in [0.717, 1.165) is 33.9 Å². The average molecular weight is 340 g/mol. The molecule has 3 aromatic carbocycles. The predicted octanol–water partition coefficient (Wildman–Crippen LogP) is 5.19. The van der Waals surface area contributed by atoms with Gasteiger partial charge in [-0.15, -0.1) is 0 Å². The fraction of sp³-hybridized carbons (Fsp3) is 0.0870. The van der Waals surface area contributed by atoms with Crippen molar-refractivity contribution in [1.29, 1.82) is 0 Å². The van der Waals surface area contributed by atoms with Crippen LogP contribution in [-0.4, -0.2) is 7.11 Å². The number of hydrogen-bond donors (Lipinski definition) is 0. The molecule has 5 rings (SSSR count).